The minimum absolute atomic E-state index is 0.0536. The normalized spacial score (nSPS) is 24.1. The van der Waals surface area contributed by atoms with Crippen molar-refractivity contribution in [1.82, 2.24) is 0 Å². The van der Waals surface area contributed by atoms with Crippen molar-refractivity contribution in [3.8, 4) is 0 Å². The van der Waals surface area contributed by atoms with Gasteiger partial charge < -0.3 is 18.6 Å². The molecule has 0 aromatic heterocycles. The van der Waals surface area contributed by atoms with Gasteiger partial charge in [-0.1, -0.05) is 20.8 Å². The summed E-state index contributed by atoms with van der Waals surface area (Å²) in [6.07, 6.45) is 0.985. The summed E-state index contributed by atoms with van der Waals surface area (Å²) in [5.41, 5.74) is 0. The highest BCUT2D eigenvalue weighted by atomic mass is 28.4. The van der Waals surface area contributed by atoms with Crippen LogP contribution in [0.5, 0.6) is 0 Å². The molecule has 1 saturated heterocycles. The van der Waals surface area contributed by atoms with Crippen LogP contribution in [-0.2, 0) is 23.4 Å². The van der Waals surface area contributed by atoms with Gasteiger partial charge in [-0.25, -0.2) is 4.79 Å². The van der Waals surface area contributed by atoms with E-state index in [-0.39, 0.29) is 17.2 Å². The number of nitrogens with zero attached hydrogens (tertiary/aromatic N) is 1. The average Bonchev–Trinajstić information content (AvgIpc) is 2.76. The zero-order valence-electron chi connectivity index (χ0n) is 16.5. The largest absolute Gasteiger partial charge is 0.467 e. The maximum atomic E-state index is 12.1. The van der Waals surface area contributed by atoms with Crippen LogP contribution >= 0.6 is 0 Å². The topological polar surface area (TPSA) is 66.4 Å². The summed E-state index contributed by atoms with van der Waals surface area (Å²) in [6.45, 7) is 16.8. The van der Waals surface area contributed by atoms with Gasteiger partial charge in [0.2, 0.25) is 0 Å². The number of carbonyl (C=O) groups excluding carboxylic acids is 1. The maximum Gasteiger partial charge on any atom is 0.333 e. The van der Waals surface area contributed by atoms with E-state index in [0.717, 1.165) is 0 Å². The minimum Gasteiger partial charge on any atom is -0.467 e. The molecule has 1 aliphatic rings. The molecule has 1 fully saturated rings. The van der Waals surface area contributed by atoms with Gasteiger partial charge in [0.05, 0.1) is 19.8 Å². The highest BCUT2D eigenvalue weighted by Gasteiger charge is 2.41. The molecule has 140 valence electrons. The van der Waals surface area contributed by atoms with Gasteiger partial charge in [-0.15, -0.1) is 0 Å². The lowest BCUT2D eigenvalue weighted by molar-refractivity contribution is -0.144. The Bertz CT molecular complexity index is 470. The van der Waals surface area contributed by atoms with Crippen molar-refractivity contribution in [3.05, 3.63) is 0 Å². The van der Waals surface area contributed by atoms with Crippen LogP contribution in [0.4, 0.5) is 0 Å². The van der Waals surface area contributed by atoms with E-state index >= 15 is 0 Å². The van der Waals surface area contributed by atoms with Crippen molar-refractivity contribution in [2.24, 2.45) is 4.99 Å². The molecule has 6 nitrogen and oxygen atoms in total. The highest BCUT2D eigenvalue weighted by Crippen LogP contribution is 2.37. The van der Waals surface area contributed by atoms with Crippen molar-refractivity contribution < 1.29 is 23.4 Å². The molecule has 0 N–H and O–H groups in total. The lowest BCUT2D eigenvalue weighted by Crippen LogP contribution is -2.47. The molecule has 1 heterocycles. The summed E-state index contributed by atoms with van der Waals surface area (Å²) in [7, 11) is -0.647. The Morgan fingerprint density at radius 1 is 1.38 bits per heavy atom. The zero-order chi connectivity index (χ0) is 18.8. The average molecular weight is 360 g/mol. The van der Waals surface area contributed by atoms with E-state index in [2.05, 4.69) is 38.9 Å². The Morgan fingerprint density at radius 3 is 2.38 bits per heavy atom. The number of aliphatic imine (C=N–C) groups is 1. The molecule has 0 aliphatic carbocycles. The van der Waals surface area contributed by atoms with Crippen molar-refractivity contribution >= 4 is 20.5 Å². The predicted octanol–water partition coefficient (Wildman–Crippen LogP) is 3.16. The lowest BCUT2D eigenvalue weighted by Gasteiger charge is -2.39. The van der Waals surface area contributed by atoms with Crippen molar-refractivity contribution in [2.45, 2.75) is 83.7 Å². The summed E-state index contributed by atoms with van der Waals surface area (Å²) in [6, 6.07) is -0.712. The zero-order valence-corrected chi connectivity index (χ0v) is 17.5. The molecule has 0 amide bonds. The third kappa shape index (κ3) is 5.65. The van der Waals surface area contributed by atoms with E-state index in [4.69, 9.17) is 18.6 Å². The molecule has 0 unspecified atom stereocenters. The summed E-state index contributed by atoms with van der Waals surface area (Å²) in [5.74, 6) is -1.03. The maximum absolute atomic E-state index is 12.1. The first-order chi connectivity index (χ1) is 10.8. The van der Waals surface area contributed by atoms with Crippen molar-refractivity contribution in [2.75, 3.05) is 13.7 Å². The molecule has 3 atom stereocenters. The Balaban J connectivity index is 2.84. The van der Waals surface area contributed by atoms with E-state index in [1.807, 2.05) is 20.8 Å². The molecule has 0 aromatic carbocycles. The summed E-state index contributed by atoms with van der Waals surface area (Å²) in [5, 5.41) is 0.0536. The fourth-order valence-electron chi connectivity index (χ4n) is 2.18. The van der Waals surface area contributed by atoms with E-state index in [1.165, 1.54) is 7.11 Å². The van der Waals surface area contributed by atoms with E-state index in [0.29, 0.717) is 6.61 Å². The Hall–Kier alpha value is -0.763. The number of esters is 1. The van der Waals surface area contributed by atoms with E-state index < -0.39 is 26.1 Å². The van der Waals surface area contributed by atoms with Gasteiger partial charge in [-0.2, -0.15) is 0 Å². The predicted molar refractivity (Wildman–Crippen MR) is 96.9 cm³/mol. The number of hydrogen-bond acceptors (Lipinski definition) is 6. The smallest absolute Gasteiger partial charge is 0.333 e. The van der Waals surface area contributed by atoms with Crippen molar-refractivity contribution in [3.63, 3.8) is 0 Å². The molecular formula is C17H33NO5Si. The SMILES string of the molecule is COC(=O)[C@H](N=C[C@H]1COC(C)(C)O1)[C@H](C)O[Si](C)(C)C(C)(C)C. The number of carbonyl (C=O) groups is 1. The second kappa shape index (κ2) is 7.64. The summed E-state index contributed by atoms with van der Waals surface area (Å²) in [4.78, 5) is 16.5. The molecule has 24 heavy (non-hydrogen) atoms. The number of ether oxygens (including phenoxy) is 3. The van der Waals surface area contributed by atoms with Crippen LogP contribution < -0.4 is 0 Å². The van der Waals surface area contributed by atoms with Crippen LogP contribution in [0.25, 0.3) is 0 Å². The quantitative estimate of drug-likeness (QED) is 0.414. The van der Waals surface area contributed by atoms with Crippen LogP contribution in [0.15, 0.2) is 4.99 Å². The third-order valence-electron chi connectivity index (χ3n) is 4.62. The van der Waals surface area contributed by atoms with Crippen LogP contribution in [-0.4, -0.2) is 58.3 Å². The summed E-state index contributed by atoms with van der Waals surface area (Å²) < 4.78 is 22.4. The number of hydrogen-bond donors (Lipinski definition) is 0. The molecule has 0 saturated carbocycles. The molecule has 1 rings (SSSR count). The first kappa shape index (κ1) is 21.3. The third-order valence-corrected chi connectivity index (χ3v) is 9.19. The van der Waals surface area contributed by atoms with E-state index in [1.54, 1.807) is 6.21 Å². The fraction of sp³-hybridized carbons (Fsp3) is 0.882. The van der Waals surface area contributed by atoms with Gasteiger partial charge in [0.25, 0.3) is 0 Å². The standard InChI is InChI=1S/C17H33NO5Si/c1-12(23-24(8,9)16(2,3)4)14(15(19)20-7)18-10-13-11-21-17(5,6)22-13/h10,12-14H,11H2,1-9H3/t12-,13-,14+/m0/s1. The Kier molecular flexibility index (Phi) is 6.77. The molecule has 0 radical (unpaired) electrons. The Labute approximate surface area is 147 Å². The van der Waals surface area contributed by atoms with Gasteiger partial charge in [0.15, 0.2) is 20.1 Å². The summed E-state index contributed by atoms with van der Waals surface area (Å²) >= 11 is 0. The van der Waals surface area contributed by atoms with Gasteiger partial charge in [-0.05, 0) is 38.9 Å². The molecule has 0 spiro atoms. The number of rotatable bonds is 6. The second-order valence-corrected chi connectivity index (χ2v) is 13.0. The van der Waals surface area contributed by atoms with Crippen LogP contribution in [0.3, 0.4) is 0 Å². The highest BCUT2D eigenvalue weighted by molar-refractivity contribution is 6.74. The fourth-order valence-corrected chi connectivity index (χ4v) is 3.59. The lowest BCUT2D eigenvalue weighted by atomic mass is 10.2. The molecule has 7 heteroatoms. The van der Waals surface area contributed by atoms with Crippen molar-refractivity contribution in [1.29, 1.82) is 0 Å². The Morgan fingerprint density at radius 2 is 1.96 bits per heavy atom. The van der Waals surface area contributed by atoms with Gasteiger partial charge in [-0.3, -0.25) is 4.99 Å². The number of methoxy groups -OCH3 is 1. The molecule has 1 aliphatic heterocycles. The van der Waals surface area contributed by atoms with E-state index in [9.17, 15) is 4.79 Å². The minimum atomic E-state index is -2.01. The first-order valence-corrected chi connectivity index (χ1v) is 11.3. The van der Waals surface area contributed by atoms with Crippen LogP contribution in [0.2, 0.25) is 18.1 Å². The molecule has 0 aromatic rings. The molecular weight excluding hydrogens is 326 g/mol. The van der Waals surface area contributed by atoms with Gasteiger partial charge >= 0.3 is 5.97 Å². The van der Waals surface area contributed by atoms with Gasteiger partial charge in [0, 0.05) is 6.21 Å². The van der Waals surface area contributed by atoms with Crippen LogP contribution in [0.1, 0.15) is 41.5 Å². The molecule has 0 bridgehead atoms. The second-order valence-electron chi connectivity index (χ2n) is 8.22. The van der Waals surface area contributed by atoms with Crippen LogP contribution in [0, 0.1) is 0 Å². The first-order valence-electron chi connectivity index (χ1n) is 8.40. The monoisotopic (exact) mass is 359 g/mol. The van der Waals surface area contributed by atoms with Gasteiger partial charge in [0.1, 0.15) is 6.10 Å².